The maximum absolute atomic E-state index is 8.60. The number of hydrogen-bond acceptors (Lipinski definition) is 4. The fourth-order valence-electron chi connectivity index (χ4n) is 1.82. The van der Waals surface area contributed by atoms with E-state index >= 15 is 0 Å². The molecule has 0 aliphatic carbocycles. The molecule has 0 aliphatic heterocycles. The van der Waals surface area contributed by atoms with E-state index in [1.165, 1.54) is 0 Å². The fraction of sp³-hybridized carbons (Fsp3) is 0.417. The molecular formula is C12H13BrN4O. The molecular weight excluding hydrogens is 296 g/mol. The molecule has 0 aliphatic rings. The predicted molar refractivity (Wildman–Crippen MR) is 70.8 cm³/mol. The third-order valence-corrected chi connectivity index (χ3v) is 3.01. The van der Waals surface area contributed by atoms with E-state index in [1.807, 2.05) is 10.6 Å². The number of pyridine rings is 1. The van der Waals surface area contributed by atoms with E-state index in [-0.39, 0.29) is 0 Å². The molecule has 0 radical (unpaired) electrons. The molecule has 18 heavy (non-hydrogen) atoms. The lowest BCUT2D eigenvalue weighted by Gasteiger charge is -2.06. The maximum Gasteiger partial charge on any atom is 0.160 e. The van der Waals surface area contributed by atoms with Gasteiger partial charge in [-0.25, -0.2) is 9.97 Å². The molecule has 0 N–H and O–H groups in total. The number of unbranched alkanes of at least 4 members (excludes halogenated alkanes) is 1. The van der Waals surface area contributed by atoms with Crippen LogP contribution in [0.1, 0.15) is 18.7 Å². The first-order valence-corrected chi connectivity index (χ1v) is 6.42. The summed E-state index contributed by atoms with van der Waals surface area (Å²) in [4.78, 5) is 8.88. The van der Waals surface area contributed by atoms with Crippen LogP contribution in [0.4, 0.5) is 0 Å². The predicted octanol–water partition coefficient (Wildman–Crippen LogP) is 2.64. The molecule has 2 aromatic heterocycles. The van der Waals surface area contributed by atoms with Crippen molar-refractivity contribution in [2.75, 3.05) is 7.11 Å². The highest BCUT2D eigenvalue weighted by Crippen LogP contribution is 2.19. The zero-order valence-electron chi connectivity index (χ0n) is 10.1. The molecule has 0 aromatic carbocycles. The van der Waals surface area contributed by atoms with Gasteiger partial charge in [0.2, 0.25) is 0 Å². The average molecular weight is 309 g/mol. The van der Waals surface area contributed by atoms with Crippen LogP contribution in [0.5, 0.6) is 0 Å². The minimum absolute atomic E-state index is 0.445. The normalized spacial score (nSPS) is 10.7. The second kappa shape index (κ2) is 5.94. The molecule has 0 bridgehead atoms. The number of imidazole rings is 1. The molecule has 0 fully saturated rings. The molecule has 94 valence electrons. The van der Waals surface area contributed by atoms with Crippen molar-refractivity contribution in [3.05, 3.63) is 22.6 Å². The van der Waals surface area contributed by atoms with Crippen LogP contribution in [0.2, 0.25) is 0 Å². The van der Waals surface area contributed by atoms with Crippen LogP contribution in [0.15, 0.2) is 16.7 Å². The number of nitriles is 1. The number of rotatable bonds is 5. The summed E-state index contributed by atoms with van der Waals surface area (Å²) in [7, 11) is 1.64. The van der Waals surface area contributed by atoms with Crippen LogP contribution in [0.3, 0.4) is 0 Å². The van der Waals surface area contributed by atoms with Crippen LogP contribution < -0.4 is 0 Å². The van der Waals surface area contributed by atoms with Crippen molar-refractivity contribution >= 4 is 27.1 Å². The Hall–Kier alpha value is -1.45. The minimum atomic E-state index is 0.445. The summed E-state index contributed by atoms with van der Waals surface area (Å²) < 4.78 is 8.07. The minimum Gasteiger partial charge on any atom is -0.377 e. The Morgan fingerprint density at radius 2 is 2.39 bits per heavy atom. The van der Waals surface area contributed by atoms with Gasteiger partial charge in [-0.15, -0.1) is 0 Å². The van der Waals surface area contributed by atoms with Crippen molar-refractivity contribution < 1.29 is 4.74 Å². The van der Waals surface area contributed by atoms with Gasteiger partial charge >= 0.3 is 0 Å². The Bertz CT molecular complexity index is 588. The lowest BCUT2D eigenvalue weighted by atomic mass is 10.3. The SMILES string of the molecule is COCc1nc2cc(Br)cnc2n1CCCC#N. The standard InChI is InChI=1S/C12H13BrN4O/c1-18-8-11-16-10-6-9(13)7-15-12(10)17(11)5-3-2-4-14/h6-7H,2-3,5,8H2,1H3. The third-order valence-electron chi connectivity index (χ3n) is 2.57. The first-order chi connectivity index (χ1) is 8.76. The molecule has 0 atom stereocenters. The van der Waals surface area contributed by atoms with Crippen molar-refractivity contribution in [2.24, 2.45) is 0 Å². The van der Waals surface area contributed by atoms with E-state index in [9.17, 15) is 0 Å². The smallest absolute Gasteiger partial charge is 0.160 e. The van der Waals surface area contributed by atoms with E-state index < -0.39 is 0 Å². The lowest BCUT2D eigenvalue weighted by Crippen LogP contribution is -2.05. The summed E-state index contributed by atoms with van der Waals surface area (Å²) in [6.45, 7) is 1.18. The summed E-state index contributed by atoms with van der Waals surface area (Å²) in [5, 5.41) is 8.60. The fourth-order valence-corrected chi connectivity index (χ4v) is 2.14. The summed E-state index contributed by atoms with van der Waals surface area (Å²) in [5.74, 6) is 0.844. The Kier molecular flexibility index (Phi) is 4.28. The number of aromatic nitrogens is 3. The van der Waals surface area contributed by atoms with E-state index in [4.69, 9.17) is 10.00 Å². The zero-order valence-corrected chi connectivity index (χ0v) is 11.6. The largest absolute Gasteiger partial charge is 0.377 e. The van der Waals surface area contributed by atoms with Gasteiger partial charge in [0.25, 0.3) is 0 Å². The second-order valence-corrected chi connectivity index (χ2v) is 4.79. The Balaban J connectivity index is 2.39. The molecule has 6 heteroatoms. The van der Waals surface area contributed by atoms with E-state index in [2.05, 4.69) is 32.0 Å². The number of nitrogens with zero attached hydrogens (tertiary/aromatic N) is 4. The highest BCUT2D eigenvalue weighted by Gasteiger charge is 2.11. The molecule has 0 saturated carbocycles. The van der Waals surface area contributed by atoms with Crippen molar-refractivity contribution in [3.63, 3.8) is 0 Å². The van der Waals surface area contributed by atoms with Crippen LogP contribution in [0, 0.1) is 11.3 Å². The van der Waals surface area contributed by atoms with Crippen molar-refractivity contribution in [1.82, 2.24) is 14.5 Å². The zero-order chi connectivity index (χ0) is 13.0. The molecule has 5 nitrogen and oxygen atoms in total. The van der Waals surface area contributed by atoms with Crippen LogP contribution >= 0.6 is 15.9 Å². The molecule has 2 rings (SSSR count). The highest BCUT2D eigenvalue weighted by atomic mass is 79.9. The van der Waals surface area contributed by atoms with Gasteiger partial charge in [0.1, 0.15) is 17.9 Å². The van der Waals surface area contributed by atoms with Crippen molar-refractivity contribution in [1.29, 1.82) is 5.26 Å². The van der Waals surface area contributed by atoms with E-state index in [0.29, 0.717) is 13.0 Å². The van der Waals surface area contributed by atoms with E-state index in [0.717, 1.165) is 34.4 Å². The molecule has 2 aromatic rings. The summed E-state index contributed by atoms with van der Waals surface area (Å²) >= 11 is 3.38. The molecule has 0 spiro atoms. The van der Waals surface area contributed by atoms with Crippen LogP contribution in [-0.4, -0.2) is 21.6 Å². The number of fused-ring (bicyclic) bond motifs is 1. The number of halogens is 1. The number of aryl methyl sites for hydroxylation is 1. The molecule has 0 amide bonds. The first-order valence-electron chi connectivity index (χ1n) is 5.63. The number of hydrogen-bond donors (Lipinski definition) is 0. The van der Waals surface area contributed by atoms with Gasteiger partial charge in [0.15, 0.2) is 5.65 Å². The maximum atomic E-state index is 8.60. The Morgan fingerprint density at radius 3 is 3.11 bits per heavy atom. The second-order valence-electron chi connectivity index (χ2n) is 3.87. The molecule has 2 heterocycles. The topological polar surface area (TPSA) is 63.7 Å². The lowest BCUT2D eigenvalue weighted by molar-refractivity contribution is 0.174. The highest BCUT2D eigenvalue weighted by molar-refractivity contribution is 9.10. The van der Waals surface area contributed by atoms with Gasteiger partial charge in [-0.05, 0) is 28.4 Å². The third kappa shape index (κ3) is 2.68. The van der Waals surface area contributed by atoms with Crippen molar-refractivity contribution in [2.45, 2.75) is 26.0 Å². The summed E-state index contributed by atoms with van der Waals surface area (Å²) in [5.41, 5.74) is 1.68. The van der Waals surface area contributed by atoms with Crippen LogP contribution in [0.25, 0.3) is 11.2 Å². The van der Waals surface area contributed by atoms with Crippen molar-refractivity contribution in [3.8, 4) is 6.07 Å². The summed E-state index contributed by atoms with van der Waals surface area (Å²) in [6.07, 6.45) is 3.07. The Labute approximate surface area is 114 Å². The number of methoxy groups -OCH3 is 1. The number of ether oxygens (including phenoxy) is 1. The van der Waals surface area contributed by atoms with Gasteiger partial charge < -0.3 is 9.30 Å². The monoisotopic (exact) mass is 308 g/mol. The quantitative estimate of drug-likeness (QED) is 0.797. The van der Waals surface area contributed by atoms with Gasteiger partial charge in [-0.2, -0.15) is 5.26 Å². The van der Waals surface area contributed by atoms with Crippen LogP contribution in [-0.2, 0) is 17.9 Å². The molecule has 0 unspecified atom stereocenters. The summed E-state index contributed by atoms with van der Waals surface area (Å²) in [6, 6.07) is 4.08. The van der Waals surface area contributed by atoms with Gasteiger partial charge in [-0.3, -0.25) is 0 Å². The van der Waals surface area contributed by atoms with E-state index in [1.54, 1.807) is 13.3 Å². The van der Waals surface area contributed by atoms with Gasteiger partial charge in [-0.1, -0.05) is 0 Å². The Morgan fingerprint density at radius 1 is 1.56 bits per heavy atom. The van der Waals surface area contributed by atoms with Gasteiger partial charge in [0.05, 0.1) is 6.07 Å². The first kappa shape index (κ1) is 13.0. The molecule has 0 saturated heterocycles. The van der Waals surface area contributed by atoms with Gasteiger partial charge in [0, 0.05) is 30.7 Å². The average Bonchev–Trinajstić information content (AvgIpc) is 2.67.